The average Bonchev–Trinajstić information content (AvgIpc) is 3.62. The van der Waals surface area contributed by atoms with Crippen molar-refractivity contribution in [3.05, 3.63) is 71.3 Å². The van der Waals surface area contributed by atoms with Crippen LogP contribution in [0.3, 0.4) is 0 Å². The van der Waals surface area contributed by atoms with E-state index in [1.165, 1.54) is 0 Å². The van der Waals surface area contributed by atoms with E-state index in [0.29, 0.717) is 25.9 Å². The largest absolute Gasteiger partial charge is 4.00 e. The van der Waals surface area contributed by atoms with Gasteiger partial charge in [0.1, 0.15) is 0 Å². The van der Waals surface area contributed by atoms with E-state index in [-0.39, 0.29) is 26.2 Å². The molecule has 0 radical (unpaired) electrons. The molecule has 186 valence electrons. The smallest absolute Gasteiger partial charge is 0.665 e. The van der Waals surface area contributed by atoms with Gasteiger partial charge < -0.3 is 49.6 Å². The zero-order valence-corrected chi connectivity index (χ0v) is 21.2. The third-order valence-electron chi connectivity index (χ3n) is 4.04. The Kier molecular flexibility index (Phi) is 16.3. The van der Waals surface area contributed by atoms with Crippen LogP contribution in [0.1, 0.15) is 22.8 Å². The second-order valence-corrected chi connectivity index (χ2v) is 6.27. The van der Waals surface area contributed by atoms with E-state index < -0.39 is 0 Å². The molecule has 2 aliphatic rings. The molecule has 0 amide bonds. The molecule has 12 nitrogen and oxygen atoms in total. The number of H-pyrrole nitrogens is 2. The van der Waals surface area contributed by atoms with E-state index in [2.05, 4.69) is 50.3 Å². The average molecular weight is 582 g/mol. The van der Waals surface area contributed by atoms with Crippen LogP contribution in [0.15, 0.2) is 48.5 Å². The second-order valence-electron chi connectivity index (χ2n) is 6.27. The van der Waals surface area contributed by atoms with E-state index in [1.54, 1.807) is 0 Å². The molecule has 37 heavy (non-hydrogen) atoms. The summed E-state index contributed by atoms with van der Waals surface area (Å²) < 4.78 is 0. The van der Waals surface area contributed by atoms with Gasteiger partial charge in [0.25, 0.3) is 0 Å². The maximum atomic E-state index is 8.24. The summed E-state index contributed by atoms with van der Waals surface area (Å²) in [6.07, 6.45) is 8.05. The Balaban J connectivity index is 0.000000860. The second kappa shape index (κ2) is 18.7. The van der Waals surface area contributed by atoms with Gasteiger partial charge in [0.05, 0.1) is 22.8 Å². The molecule has 0 aliphatic carbocycles. The summed E-state index contributed by atoms with van der Waals surface area (Å²) in [5.74, 6) is 0. The molecule has 0 fully saturated rings. The SMILES string of the molecule is C1=Cc2cc3ccc(cc4ccc(cc5nc(cc1n2)C=C5)[nH]4)[nH]3.O=[C-]O.O=[C-]O.O=[C-]O.O=[C-]O.[Zr+4]. The third kappa shape index (κ3) is 12.1. The van der Waals surface area contributed by atoms with Gasteiger partial charge in [-0.3, -0.25) is 0 Å². The molecule has 0 spiro atoms. The van der Waals surface area contributed by atoms with Crippen LogP contribution in [0.2, 0.25) is 0 Å². The molecule has 0 saturated heterocycles. The molecule has 3 aromatic rings. The van der Waals surface area contributed by atoms with Crippen molar-refractivity contribution in [3.8, 4) is 0 Å². The molecule has 0 atom stereocenters. The van der Waals surface area contributed by atoms with Crippen LogP contribution in [-0.4, -0.2) is 66.3 Å². The molecule has 5 rings (SSSR count). The first-order chi connectivity index (χ1) is 17.5. The van der Waals surface area contributed by atoms with Crippen LogP contribution in [0.4, 0.5) is 0 Å². The fourth-order valence-electron chi connectivity index (χ4n) is 2.94. The number of aliphatic hydroxyl groups excluding tert-OH is 4. The van der Waals surface area contributed by atoms with Crippen molar-refractivity contribution in [3.63, 3.8) is 0 Å². The van der Waals surface area contributed by atoms with Crippen molar-refractivity contribution < 1.29 is 65.8 Å². The molecule has 8 bridgehead atoms. The molecule has 0 unspecified atom stereocenters. The predicted molar refractivity (Wildman–Crippen MR) is 132 cm³/mol. The van der Waals surface area contributed by atoms with Gasteiger partial charge in [-0.1, -0.05) is 25.9 Å². The quantitative estimate of drug-likeness (QED) is 0.147. The summed E-state index contributed by atoms with van der Waals surface area (Å²) in [4.78, 5) is 49.0. The Hall–Kier alpha value is -4.64. The molecule has 13 heteroatoms. The van der Waals surface area contributed by atoms with E-state index in [0.717, 1.165) is 44.8 Å². The van der Waals surface area contributed by atoms with Crippen molar-refractivity contribution in [2.45, 2.75) is 0 Å². The standard InChI is InChI=1S/C20H14N4.4CHO2.Zr/c1-2-14-10-16-5-6-18(23-16)12-20-8-7-19(24-20)11-17-4-3-15(22-17)9-13(1)21-14;4*2-1-3;/h1-12,21-22H;4*(H,2,3);/q;4*-1;+4. The summed E-state index contributed by atoms with van der Waals surface area (Å²) >= 11 is 0. The van der Waals surface area contributed by atoms with E-state index in [1.807, 2.05) is 42.5 Å². The zero-order chi connectivity index (χ0) is 26.8. The van der Waals surface area contributed by atoms with E-state index in [9.17, 15) is 0 Å². The van der Waals surface area contributed by atoms with Crippen molar-refractivity contribution in [1.82, 2.24) is 19.9 Å². The molecule has 2 aliphatic heterocycles. The summed E-state index contributed by atoms with van der Waals surface area (Å²) in [5.41, 5.74) is 7.86. The van der Waals surface area contributed by atoms with Crippen molar-refractivity contribution in [2.24, 2.45) is 0 Å². The summed E-state index contributed by atoms with van der Waals surface area (Å²) in [6, 6.07) is 16.4. The van der Waals surface area contributed by atoms with Crippen LogP contribution in [0.25, 0.3) is 46.4 Å². The van der Waals surface area contributed by atoms with Gasteiger partial charge in [-0.15, -0.1) is 0 Å². The Morgan fingerprint density at radius 2 is 0.730 bits per heavy atom. The Morgan fingerprint density at radius 3 is 1.03 bits per heavy atom. The summed E-state index contributed by atoms with van der Waals surface area (Å²) in [6.45, 7) is 2.00. The molecule has 0 aromatic carbocycles. The van der Waals surface area contributed by atoms with Gasteiger partial charge in [-0.2, -0.15) is 0 Å². The number of nitrogens with zero attached hydrogens (tertiary/aromatic N) is 2. The topological polar surface area (TPSA) is 207 Å². The molecule has 6 N–H and O–H groups in total. The minimum absolute atomic E-state index is 0. The van der Waals surface area contributed by atoms with Gasteiger partial charge in [-0.05, 0) is 72.8 Å². The van der Waals surface area contributed by atoms with Crippen molar-refractivity contribution in [2.75, 3.05) is 0 Å². The molecule has 0 saturated carbocycles. The van der Waals surface area contributed by atoms with Crippen LogP contribution < -0.4 is 0 Å². The van der Waals surface area contributed by atoms with E-state index >= 15 is 0 Å². The van der Waals surface area contributed by atoms with Gasteiger partial charge in [0, 0.05) is 22.1 Å². The number of nitrogens with one attached hydrogen (secondary N) is 2. The van der Waals surface area contributed by atoms with Crippen LogP contribution >= 0.6 is 0 Å². The maximum Gasteiger partial charge on any atom is 4.00 e. The van der Waals surface area contributed by atoms with Gasteiger partial charge in [-0.25, -0.2) is 9.97 Å². The minimum atomic E-state index is 0. The molecule has 3 aromatic heterocycles. The minimum Gasteiger partial charge on any atom is -0.665 e. The van der Waals surface area contributed by atoms with E-state index in [4.69, 9.17) is 39.6 Å². The Bertz CT molecular complexity index is 1270. The third-order valence-corrected chi connectivity index (χ3v) is 4.04. The van der Waals surface area contributed by atoms with Gasteiger partial charge in [0.2, 0.25) is 0 Å². The number of aromatic nitrogens is 4. The monoisotopic (exact) mass is 580 g/mol. The first kappa shape index (κ1) is 32.4. The van der Waals surface area contributed by atoms with Gasteiger partial charge >= 0.3 is 26.2 Å². The number of aromatic amines is 2. The fraction of sp³-hybridized carbons (Fsp3) is 0. The molecular formula is C24H18N4O8Zr. The van der Waals surface area contributed by atoms with Crippen LogP contribution in [0, 0.1) is 0 Å². The number of hydrogen-bond donors (Lipinski definition) is 6. The Morgan fingerprint density at radius 1 is 0.486 bits per heavy atom. The van der Waals surface area contributed by atoms with Crippen LogP contribution in [0.5, 0.6) is 0 Å². The van der Waals surface area contributed by atoms with Crippen molar-refractivity contribution in [1.29, 1.82) is 0 Å². The maximum absolute atomic E-state index is 8.24. The number of fused-ring (bicyclic) bond motifs is 8. The fourth-order valence-corrected chi connectivity index (χ4v) is 2.94. The molecular weight excluding hydrogens is 564 g/mol. The summed E-state index contributed by atoms with van der Waals surface area (Å²) in [7, 11) is 0. The van der Waals surface area contributed by atoms with Gasteiger partial charge in [0.15, 0.2) is 0 Å². The number of hydrogen-bond acceptors (Lipinski definition) is 6. The zero-order valence-electron chi connectivity index (χ0n) is 18.7. The Labute approximate surface area is 228 Å². The predicted octanol–water partition coefficient (Wildman–Crippen LogP) is 3.10. The first-order valence-electron chi connectivity index (χ1n) is 9.56. The number of rotatable bonds is 0. The first-order valence-corrected chi connectivity index (χ1v) is 9.56. The van der Waals surface area contributed by atoms with Crippen molar-refractivity contribution >= 4 is 72.3 Å². The molecule has 5 heterocycles. The summed E-state index contributed by atoms with van der Waals surface area (Å²) in [5, 5.41) is 27.1. The normalized spacial score (nSPS) is 9.51. The van der Waals surface area contributed by atoms with Crippen LogP contribution in [-0.2, 0) is 45.4 Å².